The molecule has 0 aliphatic carbocycles. The number of amides is 1. The number of halogens is 1. The maximum absolute atomic E-state index is 14.4. The molecule has 0 fully saturated rings. The van der Waals surface area contributed by atoms with Crippen molar-refractivity contribution in [2.45, 2.75) is 5.16 Å². The highest BCUT2D eigenvalue weighted by atomic mass is 32.2. The molecule has 1 amide bonds. The van der Waals surface area contributed by atoms with Crippen molar-refractivity contribution in [2.75, 3.05) is 12.4 Å². The summed E-state index contributed by atoms with van der Waals surface area (Å²) in [4.78, 5) is 30.8. The summed E-state index contributed by atoms with van der Waals surface area (Å²) < 4.78 is 41.2. The Labute approximate surface area is 151 Å². The zero-order valence-electron chi connectivity index (χ0n) is 13.7. The van der Waals surface area contributed by atoms with E-state index in [9.17, 15) is 22.4 Å². The van der Waals surface area contributed by atoms with Gasteiger partial charge in [-0.25, -0.2) is 27.3 Å². The molecule has 12 heteroatoms. The van der Waals surface area contributed by atoms with Gasteiger partial charge in [0.1, 0.15) is 5.82 Å². The molecule has 0 unspecified atom stereocenters. The molecular formula is C15H12FN5O5S. The van der Waals surface area contributed by atoms with Crippen molar-refractivity contribution >= 4 is 32.8 Å². The van der Waals surface area contributed by atoms with Crippen LogP contribution in [0, 0.1) is 5.82 Å². The number of sulfonamides is 1. The lowest BCUT2D eigenvalue weighted by atomic mass is 10.2. The summed E-state index contributed by atoms with van der Waals surface area (Å²) in [6, 6.07) is 5.74. The molecule has 1 aromatic carbocycles. The molecule has 0 radical (unpaired) electrons. The Hall–Kier alpha value is -3.38. The van der Waals surface area contributed by atoms with E-state index in [1.165, 1.54) is 25.4 Å². The maximum Gasteiger partial charge on any atom is 0.409 e. The van der Waals surface area contributed by atoms with Gasteiger partial charge < -0.3 is 5.11 Å². The lowest BCUT2D eigenvalue weighted by molar-refractivity contribution is 0.209. The fourth-order valence-electron chi connectivity index (χ4n) is 2.34. The molecule has 0 saturated carbocycles. The number of benzene rings is 1. The number of carboxylic acid groups (broad SMARTS) is 1. The number of anilines is 1. The Bertz CT molecular complexity index is 1220. The summed E-state index contributed by atoms with van der Waals surface area (Å²) in [6.45, 7) is 0. The monoisotopic (exact) mass is 393 g/mol. The van der Waals surface area contributed by atoms with Crippen molar-refractivity contribution in [3.8, 4) is 5.69 Å². The Morgan fingerprint density at radius 1 is 1.26 bits per heavy atom. The molecule has 0 aliphatic rings. The Kier molecular flexibility index (Phi) is 4.59. The Morgan fingerprint density at radius 3 is 2.67 bits per heavy atom. The number of nitrogens with zero attached hydrogens (tertiary/aromatic N) is 3. The predicted octanol–water partition coefficient (Wildman–Crippen LogP) is 0.918. The Morgan fingerprint density at radius 2 is 2.00 bits per heavy atom. The number of hydrogen-bond acceptors (Lipinski definition) is 6. The first-order valence-electron chi connectivity index (χ1n) is 7.35. The zero-order chi connectivity index (χ0) is 19.8. The highest BCUT2D eigenvalue weighted by molar-refractivity contribution is 7.89. The topological polar surface area (TPSA) is 143 Å². The van der Waals surface area contributed by atoms with Crippen molar-refractivity contribution in [2.24, 2.45) is 0 Å². The fraction of sp³-hybridized carbons (Fsp3) is 0.0667. The zero-order valence-corrected chi connectivity index (χ0v) is 14.5. The van der Waals surface area contributed by atoms with Gasteiger partial charge in [-0.3, -0.25) is 14.7 Å². The third kappa shape index (κ3) is 3.47. The van der Waals surface area contributed by atoms with Gasteiger partial charge in [-0.15, -0.1) is 0 Å². The van der Waals surface area contributed by atoms with E-state index in [0.717, 1.165) is 22.8 Å². The summed E-state index contributed by atoms with van der Waals surface area (Å²) in [5.74, 6) is -0.836. The molecule has 0 spiro atoms. The van der Waals surface area contributed by atoms with Crippen molar-refractivity contribution in [3.63, 3.8) is 0 Å². The van der Waals surface area contributed by atoms with Crippen molar-refractivity contribution in [1.29, 1.82) is 0 Å². The molecule has 0 aliphatic heterocycles. The molecule has 0 atom stereocenters. The van der Waals surface area contributed by atoms with Gasteiger partial charge in [0, 0.05) is 23.3 Å². The van der Waals surface area contributed by atoms with Crippen LogP contribution >= 0.6 is 0 Å². The molecule has 3 aromatic rings. The highest BCUT2D eigenvalue weighted by Gasteiger charge is 2.19. The van der Waals surface area contributed by atoms with Gasteiger partial charge >= 0.3 is 6.09 Å². The number of rotatable bonds is 4. The number of hydrogen-bond donors (Lipinski definition) is 3. The molecular weight excluding hydrogens is 381 g/mol. The first-order chi connectivity index (χ1) is 12.7. The molecule has 27 heavy (non-hydrogen) atoms. The third-order valence-electron chi connectivity index (χ3n) is 3.56. The molecule has 3 rings (SSSR count). The van der Waals surface area contributed by atoms with E-state index in [-0.39, 0.29) is 22.4 Å². The van der Waals surface area contributed by atoms with Crippen LogP contribution in [0.5, 0.6) is 0 Å². The first-order valence-corrected chi connectivity index (χ1v) is 8.83. The lowest BCUT2D eigenvalue weighted by Gasteiger charge is -2.12. The van der Waals surface area contributed by atoms with E-state index < -0.39 is 32.6 Å². The molecule has 0 saturated heterocycles. The van der Waals surface area contributed by atoms with Crippen LogP contribution in [0.15, 0.2) is 46.5 Å². The van der Waals surface area contributed by atoms with Crippen LogP contribution in [0.1, 0.15) is 0 Å². The van der Waals surface area contributed by atoms with Gasteiger partial charge in [0.15, 0.2) is 5.65 Å². The summed E-state index contributed by atoms with van der Waals surface area (Å²) in [5, 5.41) is 10.5. The number of aromatic nitrogens is 3. The van der Waals surface area contributed by atoms with Crippen LogP contribution in [0.4, 0.5) is 14.9 Å². The van der Waals surface area contributed by atoms with Crippen LogP contribution in [-0.2, 0) is 10.0 Å². The minimum atomic E-state index is -4.01. The quantitative estimate of drug-likeness (QED) is 0.559. The van der Waals surface area contributed by atoms with E-state index in [1.807, 2.05) is 4.72 Å². The minimum absolute atomic E-state index is 0.0138. The van der Waals surface area contributed by atoms with E-state index >= 15 is 0 Å². The third-order valence-corrected chi connectivity index (χ3v) is 4.77. The SMILES string of the molecule is CNS(=O)(=O)c1ncc2ccc(=O)n(-c3cc(NC(=O)O)ccc3F)c2n1. The van der Waals surface area contributed by atoms with Gasteiger partial charge in [-0.2, -0.15) is 4.98 Å². The van der Waals surface area contributed by atoms with Gasteiger partial charge in [-0.05, 0) is 31.3 Å². The van der Waals surface area contributed by atoms with Crippen LogP contribution in [0.3, 0.4) is 0 Å². The fourth-order valence-corrected chi connectivity index (χ4v) is 2.92. The van der Waals surface area contributed by atoms with E-state index in [2.05, 4.69) is 15.3 Å². The number of nitrogens with one attached hydrogen (secondary N) is 2. The van der Waals surface area contributed by atoms with Crippen LogP contribution in [-0.4, -0.2) is 41.2 Å². The lowest BCUT2D eigenvalue weighted by Crippen LogP contribution is -2.24. The summed E-state index contributed by atoms with van der Waals surface area (Å²) >= 11 is 0. The largest absolute Gasteiger partial charge is 0.465 e. The summed E-state index contributed by atoms with van der Waals surface area (Å²) in [7, 11) is -2.84. The molecule has 3 N–H and O–H groups in total. The van der Waals surface area contributed by atoms with E-state index in [0.29, 0.717) is 0 Å². The highest BCUT2D eigenvalue weighted by Crippen LogP contribution is 2.21. The average Bonchev–Trinajstić information content (AvgIpc) is 2.62. The van der Waals surface area contributed by atoms with Gasteiger partial charge in [0.05, 0.1) is 5.69 Å². The smallest absolute Gasteiger partial charge is 0.409 e. The predicted molar refractivity (Wildman–Crippen MR) is 93.0 cm³/mol. The van der Waals surface area contributed by atoms with Crippen molar-refractivity contribution in [1.82, 2.24) is 19.3 Å². The first kappa shape index (κ1) is 18.4. The van der Waals surface area contributed by atoms with Crippen LogP contribution in [0.2, 0.25) is 0 Å². The van der Waals surface area contributed by atoms with Crippen LogP contribution < -0.4 is 15.6 Å². The van der Waals surface area contributed by atoms with Gasteiger partial charge in [0.25, 0.3) is 20.7 Å². The van der Waals surface area contributed by atoms with Crippen LogP contribution in [0.25, 0.3) is 16.7 Å². The normalized spacial score (nSPS) is 11.5. The molecule has 140 valence electrons. The summed E-state index contributed by atoms with van der Waals surface area (Å²) in [5.41, 5.74) is -1.14. The second-order valence-corrected chi connectivity index (χ2v) is 7.02. The van der Waals surface area contributed by atoms with Crippen molar-refractivity contribution < 1.29 is 22.7 Å². The van der Waals surface area contributed by atoms with E-state index in [4.69, 9.17) is 5.11 Å². The minimum Gasteiger partial charge on any atom is -0.465 e. The number of pyridine rings is 1. The maximum atomic E-state index is 14.4. The molecule has 2 heterocycles. The standard InChI is InChI=1S/C15H12FN5O5S/c1-17-27(25,26)14-18-7-8-2-5-12(22)21(13(8)20-14)11-6-9(19-15(23)24)3-4-10(11)16/h2-7,17,19H,1H3,(H,23,24). The summed E-state index contributed by atoms with van der Waals surface area (Å²) in [6.07, 6.45) is -0.192. The number of fused-ring (bicyclic) bond motifs is 1. The Balaban J connectivity index is 2.34. The van der Waals surface area contributed by atoms with Gasteiger partial charge in [-0.1, -0.05) is 0 Å². The molecule has 0 bridgehead atoms. The van der Waals surface area contributed by atoms with Gasteiger partial charge in [0.2, 0.25) is 0 Å². The average molecular weight is 393 g/mol. The second kappa shape index (κ2) is 6.74. The molecule has 2 aromatic heterocycles. The second-order valence-electron chi connectivity index (χ2n) is 5.24. The number of carbonyl (C=O) groups is 1. The molecule has 10 nitrogen and oxygen atoms in total. The van der Waals surface area contributed by atoms with E-state index in [1.54, 1.807) is 0 Å². The van der Waals surface area contributed by atoms with Crippen molar-refractivity contribution in [3.05, 3.63) is 52.7 Å².